The van der Waals surface area contributed by atoms with Gasteiger partial charge in [0.15, 0.2) is 0 Å². The van der Waals surface area contributed by atoms with Crippen LogP contribution in [0.4, 0.5) is 0 Å². The monoisotopic (exact) mass is 218 g/mol. The highest BCUT2D eigenvalue weighted by Gasteiger charge is 2.27. The fraction of sp³-hybridized carbons (Fsp3) is 0.571. The summed E-state index contributed by atoms with van der Waals surface area (Å²) >= 11 is 0. The number of likely N-dealkylation sites (N-methyl/N-ethyl adjacent to an activating group) is 2. The van der Waals surface area contributed by atoms with Crippen molar-refractivity contribution < 1.29 is 0 Å². The topological polar surface area (TPSA) is 15.3 Å². The number of nitrogens with one attached hydrogen (secondary N) is 1. The van der Waals surface area contributed by atoms with E-state index < -0.39 is 0 Å². The number of hydrogen-bond donors (Lipinski definition) is 1. The van der Waals surface area contributed by atoms with Crippen LogP contribution >= 0.6 is 0 Å². The van der Waals surface area contributed by atoms with Crippen molar-refractivity contribution >= 4 is 0 Å². The zero-order valence-electron chi connectivity index (χ0n) is 10.5. The zero-order valence-corrected chi connectivity index (χ0v) is 10.5. The molecule has 0 radical (unpaired) electrons. The number of nitrogens with zero attached hydrogens (tertiary/aromatic N) is 1. The minimum absolute atomic E-state index is 0.450. The third kappa shape index (κ3) is 2.83. The van der Waals surface area contributed by atoms with E-state index in [0.29, 0.717) is 6.04 Å². The summed E-state index contributed by atoms with van der Waals surface area (Å²) in [5.74, 6) is 0. The van der Waals surface area contributed by atoms with Crippen LogP contribution in [0.3, 0.4) is 0 Å². The van der Waals surface area contributed by atoms with Crippen molar-refractivity contribution in [2.45, 2.75) is 31.8 Å². The molecule has 1 aliphatic rings. The van der Waals surface area contributed by atoms with Crippen molar-refractivity contribution in [2.24, 2.45) is 0 Å². The van der Waals surface area contributed by atoms with Crippen LogP contribution in [0, 0.1) is 6.92 Å². The van der Waals surface area contributed by atoms with Gasteiger partial charge in [-0.1, -0.05) is 29.8 Å². The maximum atomic E-state index is 3.42. The average Bonchev–Trinajstić information content (AvgIpc) is 3.09. The van der Waals surface area contributed by atoms with Crippen LogP contribution in [0.25, 0.3) is 0 Å². The number of rotatable bonds is 5. The quantitative estimate of drug-likeness (QED) is 0.816. The van der Waals surface area contributed by atoms with E-state index in [0.717, 1.165) is 12.6 Å². The van der Waals surface area contributed by atoms with Gasteiger partial charge < -0.3 is 10.2 Å². The van der Waals surface area contributed by atoms with E-state index in [2.05, 4.69) is 48.5 Å². The first-order valence-electron chi connectivity index (χ1n) is 6.15. The fourth-order valence-corrected chi connectivity index (χ4v) is 2.20. The fourth-order valence-electron chi connectivity index (χ4n) is 2.20. The van der Waals surface area contributed by atoms with E-state index in [1.54, 1.807) is 0 Å². The lowest BCUT2D eigenvalue weighted by molar-refractivity contribution is 0.287. The van der Waals surface area contributed by atoms with Gasteiger partial charge in [-0.15, -0.1) is 0 Å². The molecule has 16 heavy (non-hydrogen) atoms. The molecule has 0 aliphatic heterocycles. The standard InChI is InChI=1S/C14H22N2/c1-11-5-4-6-12(9-11)14(15-2)10-16(3)13-7-8-13/h4-6,9,13-15H,7-8,10H2,1-3H3. The van der Waals surface area contributed by atoms with E-state index >= 15 is 0 Å². The summed E-state index contributed by atoms with van der Waals surface area (Å²) in [6.45, 7) is 3.26. The molecular weight excluding hydrogens is 196 g/mol. The SMILES string of the molecule is CNC(CN(C)C1CC1)c1cccc(C)c1. The van der Waals surface area contributed by atoms with Crippen LogP contribution < -0.4 is 5.32 Å². The van der Waals surface area contributed by atoms with Gasteiger partial charge in [-0.05, 0) is 39.4 Å². The maximum absolute atomic E-state index is 3.42. The molecule has 2 heteroatoms. The molecule has 0 heterocycles. The van der Waals surface area contributed by atoms with Gasteiger partial charge in [-0.2, -0.15) is 0 Å². The van der Waals surface area contributed by atoms with Gasteiger partial charge in [0, 0.05) is 18.6 Å². The highest BCUT2D eigenvalue weighted by atomic mass is 15.2. The predicted octanol–water partition coefficient (Wildman–Crippen LogP) is 2.35. The van der Waals surface area contributed by atoms with Crippen LogP contribution in [-0.2, 0) is 0 Å². The van der Waals surface area contributed by atoms with Crippen LogP contribution in [0.1, 0.15) is 30.0 Å². The lowest BCUT2D eigenvalue weighted by Crippen LogP contribution is -2.32. The highest BCUT2D eigenvalue weighted by Crippen LogP contribution is 2.27. The summed E-state index contributed by atoms with van der Waals surface area (Å²) in [4.78, 5) is 2.48. The summed E-state index contributed by atoms with van der Waals surface area (Å²) in [6, 6.07) is 10.1. The van der Waals surface area contributed by atoms with Crippen LogP contribution in [-0.4, -0.2) is 31.6 Å². The molecule has 0 spiro atoms. The summed E-state index contributed by atoms with van der Waals surface area (Å²) in [5.41, 5.74) is 2.74. The predicted molar refractivity (Wildman–Crippen MR) is 68.6 cm³/mol. The molecule has 1 N–H and O–H groups in total. The second-order valence-electron chi connectivity index (χ2n) is 4.93. The van der Waals surface area contributed by atoms with Crippen molar-refractivity contribution in [1.82, 2.24) is 10.2 Å². The van der Waals surface area contributed by atoms with Crippen LogP contribution in [0.2, 0.25) is 0 Å². The van der Waals surface area contributed by atoms with Gasteiger partial charge in [-0.25, -0.2) is 0 Å². The Bertz CT molecular complexity index is 344. The second-order valence-corrected chi connectivity index (χ2v) is 4.93. The Kier molecular flexibility index (Phi) is 3.62. The Morgan fingerprint density at radius 3 is 2.75 bits per heavy atom. The third-order valence-electron chi connectivity index (χ3n) is 3.43. The first kappa shape index (κ1) is 11.6. The summed E-state index contributed by atoms with van der Waals surface area (Å²) in [5, 5.41) is 3.42. The maximum Gasteiger partial charge on any atom is 0.0446 e. The van der Waals surface area contributed by atoms with Gasteiger partial charge in [0.1, 0.15) is 0 Å². The molecule has 1 aromatic carbocycles. The molecule has 88 valence electrons. The normalized spacial score (nSPS) is 17.8. The van der Waals surface area contributed by atoms with Gasteiger partial charge in [0.05, 0.1) is 0 Å². The second kappa shape index (κ2) is 4.98. The molecule has 0 amide bonds. The lowest BCUT2D eigenvalue weighted by atomic mass is 10.0. The summed E-state index contributed by atoms with van der Waals surface area (Å²) in [7, 11) is 4.28. The molecule has 1 aromatic rings. The first-order valence-corrected chi connectivity index (χ1v) is 6.15. The lowest BCUT2D eigenvalue weighted by Gasteiger charge is -2.24. The van der Waals surface area contributed by atoms with E-state index in [1.165, 1.54) is 24.0 Å². The van der Waals surface area contributed by atoms with Crippen molar-refractivity contribution in [1.29, 1.82) is 0 Å². The molecule has 2 rings (SSSR count). The van der Waals surface area contributed by atoms with E-state index in [-0.39, 0.29) is 0 Å². The molecule has 1 saturated carbocycles. The zero-order chi connectivity index (χ0) is 11.5. The van der Waals surface area contributed by atoms with Gasteiger partial charge in [-0.3, -0.25) is 0 Å². The smallest absolute Gasteiger partial charge is 0.0446 e. The molecule has 2 nitrogen and oxygen atoms in total. The Balaban J connectivity index is 2.03. The average molecular weight is 218 g/mol. The Morgan fingerprint density at radius 1 is 1.44 bits per heavy atom. The third-order valence-corrected chi connectivity index (χ3v) is 3.43. The van der Waals surface area contributed by atoms with Crippen molar-refractivity contribution in [2.75, 3.05) is 20.6 Å². The number of benzene rings is 1. The molecule has 0 saturated heterocycles. The van der Waals surface area contributed by atoms with Crippen molar-refractivity contribution in [3.05, 3.63) is 35.4 Å². The largest absolute Gasteiger partial charge is 0.312 e. The minimum Gasteiger partial charge on any atom is -0.312 e. The Labute approximate surface area is 98.7 Å². The van der Waals surface area contributed by atoms with Gasteiger partial charge in [0.2, 0.25) is 0 Å². The molecule has 1 aliphatic carbocycles. The summed E-state index contributed by atoms with van der Waals surface area (Å²) < 4.78 is 0. The molecular formula is C14H22N2. The van der Waals surface area contributed by atoms with E-state index in [4.69, 9.17) is 0 Å². The number of hydrogen-bond acceptors (Lipinski definition) is 2. The van der Waals surface area contributed by atoms with E-state index in [1.807, 2.05) is 7.05 Å². The molecule has 1 atom stereocenters. The molecule has 1 fully saturated rings. The van der Waals surface area contributed by atoms with Crippen LogP contribution in [0.15, 0.2) is 24.3 Å². The molecule has 1 unspecified atom stereocenters. The summed E-state index contributed by atoms with van der Waals surface area (Å²) in [6.07, 6.45) is 2.75. The highest BCUT2D eigenvalue weighted by molar-refractivity contribution is 5.25. The molecule has 0 bridgehead atoms. The van der Waals surface area contributed by atoms with Gasteiger partial charge >= 0.3 is 0 Å². The first-order chi connectivity index (χ1) is 7.70. The van der Waals surface area contributed by atoms with Gasteiger partial charge in [0.25, 0.3) is 0 Å². The molecule has 0 aromatic heterocycles. The van der Waals surface area contributed by atoms with E-state index in [9.17, 15) is 0 Å². The van der Waals surface area contributed by atoms with Crippen LogP contribution in [0.5, 0.6) is 0 Å². The van der Waals surface area contributed by atoms with Crippen molar-refractivity contribution in [3.63, 3.8) is 0 Å². The number of aryl methyl sites for hydroxylation is 1. The van der Waals surface area contributed by atoms with Crippen molar-refractivity contribution in [3.8, 4) is 0 Å². The minimum atomic E-state index is 0.450. The Hall–Kier alpha value is -0.860. The Morgan fingerprint density at radius 2 is 2.19 bits per heavy atom.